The largest absolute Gasteiger partial charge is 0.396 e. The van der Waals surface area contributed by atoms with Gasteiger partial charge in [0.05, 0.1) is 17.6 Å². The van der Waals surface area contributed by atoms with Gasteiger partial charge in [0.25, 0.3) is 0 Å². The fourth-order valence-electron chi connectivity index (χ4n) is 2.30. The van der Waals surface area contributed by atoms with Gasteiger partial charge in [0.15, 0.2) is 0 Å². The van der Waals surface area contributed by atoms with E-state index < -0.39 is 0 Å². The molecule has 0 amide bonds. The van der Waals surface area contributed by atoms with Crippen molar-refractivity contribution < 1.29 is 0 Å². The molecule has 0 aliphatic heterocycles. The average molecular weight is 264 g/mol. The van der Waals surface area contributed by atoms with Crippen molar-refractivity contribution in [1.82, 2.24) is 14.8 Å². The minimum Gasteiger partial charge on any atom is -0.396 e. The fourth-order valence-corrected chi connectivity index (χ4v) is 2.30. The third-order valence-electron chi connectivity index (χ3n) is 3.28. The zero-order valence-corrected chi connectivity index (χ0v) is 11.5. The van der Waals surface area contributed by atoms with Crippen LogP contribution in [0.1, 0.15) is 11.1 Å². The van der Waals surface area contributed by atoms with Gasteiger partial charge >= 0.3 is 0 Å². The van der Waals surface area contributed by atoms with Crippen molar-refractivity contribution in [3.05, 3.63) is 60.0 Å². The summed E-state index contributed by atoms with van der Waals surface area (Å²) in [5.74, 6) is 0. The number of hydrogen-bond donors (Lipinski definition) is 1. The highest BCUT2D eigenvalue weighted by atomic mass is 15.3. The number of pyridine rings is 1. The standard InChI is InChI=1S/C16H16N4/c1-11-5-6-15(12(2)8-11)20-10-14(17)16(19-20)13-4-3-7-18-9-13/h3-10H,17H2,1-2H3. The lowest BCUT2D eigenvalue weighted by molar-refractivity contribution is 0.875. The van der Waals surface area contributed by atoms with Gasteiger partial charge in [0, 0.05) is 18.0 Å². The number of hydrogen-bond acceptors (Lipinski definition) is 3. The predicted molar refractivity (Wildman–Crippen MR) is 80.7 cm³/mol. The first-order valence-electron chi connectivity index (χ1n) is 6.48. The fraction of sp³-hybridized carbons (Fsp3) is 0.125. The van der Waals surface area contributed by atoms with Gasteiger partial charge in [0.1, 0.15) is 5.69 Å². The number of aryl methyl sites for hydroxylation is 2. The van der Waals surface area contributed by atoms with E-state index in [4.69, 9.17) is 5.73 Å². The monoisotopic (exact) mass is 264 g/mol. The summed E-state index contributed by atoms with van der Waals surface area (Å²) in [5.41, 5.74) is 11.9. The van der Waals surface area contributed by atoms with E-state index in [1.807, 2.05) is 23.0 Å². The summed E-state index contributed by atoms with van der Waals surface area (Å²) in [7, 11) is 0. The molecule has 0 radical (unpaired) electrons. The average Bonchev–Trinajstić information content (AvgIpc) is 2.81. The second-order valence-electron chi connectivity index (χ2n) is 4.91. The molecule has 4 heteroatoms. The van der Waals surface area contributed by atoms with Crippen molar-refractivity contribution in [2.75, 3.05) is 5.73 Å². The molecular weight excluding hydrogens is 248 g/mol. The maximum atomic E-state index is 6.08. The minimum absolute atomic E-state index is 0.651. The molecule has 0 aliphatic carbocycles. The number of nitrogen functional groups attached to an aromatic ring is 1. The summed E-state index contributed by atoms with van der Waals surface area (Å²) >= 11 is 0. The van der Waals surface area contributed by atoms with Crippen molar-refractivity contribution in [3.8, 4) is 16.9 Å². The Bertz CT molecular complexity index is 744. The molecule has 0 atom stereocenters. The highest BCUT2D eigenvalue weighted by molar-refractivity contribution is 5.71. The van der Waals surface area contributed by atoms with Crippen molar-refractivity contribution in [1.29, 1.82) is 0 Å². The van der Waals surface area contributed by atoms with Gasteiger partial charge in [0.2, 0.25) is 0 Å². The van der Waals surface area contributed by atoms with Crippen LogP contribution in [-0.4, -0.2) is 14.8 Å². The van der Waals surface area contributed by atoms with Crippen LogP contribution < -0.4 is 5.73 Å². The van der Waals surface area contributed by atoms with E-state index >= 15 is 0 Å². The van der Waals surface area contributed by atoms with Gasteiger partial charge in [-0.25, -0.2) is 4.68 Å². The Morgan fingerprint density at radius 2 is 2.00 bits per heavy atom. The Morgan fingerprint density at radius 3 is 2.70 bits per heavy atom. The molecule has 3 aromatic rings. The second-order valence-corrected chi connectivity index (χ2v) is 4.91. The molecule has 2 N–H and O–H groups in total. The van der Waals surface area contributed by atoms with E-state index in [2.05, 4.69) is 42.1 Å². The molecule has 20 heavy (non-hydrogen) atoms. The first kappa shape index (κ1) is 12.4. The molecule has 0 unspecified atom stereocenters. The Balaban J connectivity index is 2.09. The number of benzene rings is 1. The van der Waals surface area contributed by atoms with Gasteiger partial charge in [-0.05, 0) is 37.6 Å². The number of nitrogens with zero attached hydrogens (tertiary/aromatic N) is 3. The van der Waals surface area contributed by atoms with Crippen LogP contribution in [-0.2, 0) is 0 Å². The summed E-state index contributed by atoms with van der Waals surface area (Å²) < 4.78 is 1.83. The molecule has 0 fully saturated rings. The summed E-state index contributed by atoms with van der Waals surface area (Å²) in [6.45, 7) is 4.15. The number of rotatable bonds is 2. The van der Waals surface area contributed by atoms with Crippen LogP contribution in [0.15, 0.2) is 48.9 Å². The third-order valence-corrected chi connectivity index (χ3v) is 3.28. The van der Waals surface area contributed by atoms with Crippen LogP contribution in [0, 0.1) is 13.8 Å². The maximum absolute atomic E-state index is 6.08. The molecule has 0 spiro atoms. The van der Waals surface area contributed by atoms with Gasteiger partial charge < -0.3 is 5.73 Å². The van der Waals surface area contributed by atoms with Crippen LogP contribution in [0.3, 0.4) is 0 Å². The first-order valence-corrected chi connectivity index (χ1v) is 6.48. The van der Waals surface area contributed by atoms with Crippen LogP contribution in [0.4, 0.5) is 5.69 Å². The number of aromatic nitrogens is 3. The molecule has 0 saturated heterocycles. The lowest BCUT2D eigenvalue weighted by Crippen LogP contribution is -1.98. The summed E-state index contributed by atoms with van der Waals surface area (Å²) in [4.78, 5) is 4.11. The first-order chi connectivity index (χ1) is 9.65. The molecular formula is C16H16N4. The quantitative estimate of drug-likeness (QED) is 0.773. The van der Waals surface area contributed by atoms with Gasteiger partial charge in [-0.1, -0.05) is 17.7 Å². The van der Waals surface area contributed by atoms with E-state index in [0.717, 1.165) is 16.9 Å². The molecule has 100 valence electrons. The highest BCUT2D eigenvalue weighted by Crippen LogP contribution is 2.25. The summed E-state index contributed by atoms with van der Waals surface area (Å²) in [6, 6.07) is 10.1. The van der Waals surface area contributed by atoms with E-state index in [-0.39, 0.29) is 0 Å². The van der Waals surface area contributed by atoms with Crippen LogP contribution in [0.5, 0.6) is 0 Å². The van der Waals surface area contributed by atoms with E-state index in [0.29, 0.717) is 5.69 Å². The normalized spacial score (nSPS) is 10.7. The van der Waals surface area contributed by atoms with Crippen molar-refractivity contribution in [3.63, 3.8) is 0 Å². The lowest BCUT2D eigenvalue weighted by Gasteiger charge is -2.06. The zero-order chi connectivity index (χ0) is 14.1. The Morgan fingerprint density at radius 1 is 1.15 bits per heavy atom. The van der Waals surface area contributed by atoms with E-state index in [1.54, 1.807) is 12.4 Å². The Labute approximate surface area is 117 Å². The van der Waals surface area contributed by atoms with Gasteiger partial charge in [-0.15, -0.1) is 0 Å². The van der Waals surface area contributed by atoms with Gasteiger partial charge in [-0.2, -0.15) is 5.10 Å². The molecule has 0 saturated carbocycles. The van der Waals surface area contributed by atoms with Crippen molar-refractivity contribution in [2.24, 2.45) is 0 Å². The smallest absolute Gasteiger partial charge is 0.117 e. The summed E-state index contributed by atoms with van der Waals surface area (Å²) in [5, 5.41) is 4.59. The topological polar surface area (TPSA) is 56.7 Å². The molecule has 0 bridgehead atoms. The van der Waals surface area contributed by atoms with Crippen LogP contribution in [0.2, 0.25) is 0 Å². The molecule has 4 nitrogen and oxygen atoms in total. The maximum Gasteiger partial charge on any atom is 0.117 e. The van der Waals surface area contributed by atoms with Gasteiger partial charge in [-0.3, -0.25) is 4.98 Å². The van der Waals surface area contributed by atoms with E-state index in [1.165, 1.54) is 11.1 Å². The third kappa shape index (κ3) is 2.16. The Kier molecular flexibility index (Phi) is 2.99. The molecule has 1 aromatic carbocycles. The lowest BCUT2D eigenvalue weighted by atomic mass is 10.1. The zero-order valence-electron chi connectivity index (χ0n) is 11.5. The van der Waals surface area contributed by atoms with Crippen molar-refractivity contribution in [2.45, 2.75) is 13.8 Å². The predicted octanol–water partition coefficient (Wildman–Crippen LogP) is 3.13. The van der Waals surface area contributed by atoms with Crippen molar-refractivity contribution >= 4 is 5.69 Å². The molecule has 3 rings (SSSR count). The highest BCUT2D eigenvalue weighted by Gasteiger charge is 2.10. The SMILES string of the molecule is Cc1ccc(-n2cc(N)c(-c3cccnc3)n2)c(C)c1. The molecule has 2 heterocycles. The second kappa shape index (κ2) is 4.81. The Hall–Kier alpha value is -2.62. The molecule has 0 aliphatic rings. The van der Waals surface area contributed by atoms with Crippen LogP contribution >= 0.6 is 0 Å². The molecule has 2 aromatic heterocycles. The number of nitrogens with two attached hydrogens (primary N) is 1. The summed E-state index contributed by atoms with van der Waals surface area (Å²) in [6.07, 6.45) is 5.35. The number of anilines is 1. The minimum atomic E-state index is 0.651. The van der Waals surface area contributed by atoms with Crippen LogP contribution in [0.25, 0.3) is 16.9 Å². The van der Waals surface area contributed by atoms with E-state index in [9.17, 15) is 0 Å².